The molecule has 0 saturated carbocycles. The van der Waals surface area contributed by atoms with E-state index in [1.165, 1.54) is 5.56 Å². The molecule has 0 aromatic heterocycles. The van der Waals surface area contributed by atoms with Gasteiger partial charge in [-0.3, -0.25) is 0 Å². The van der Waals surface area contributed by atoms with Crippen LogP contribution in [0.2, 0.25) is 0 Å². The van der Waals surface area contributed by atoms with Crippen LogP contribution in [-0.2, 0) is 5.41 Å². The Morgan fingerprint density at radius 1 is 1.12 bits per heavy atom. The van der Waals surface area contributed by atoms with Crippen molar-refractivity contribution in [3.05, 3.63) is 29.8 Å². The molecule has 0 atom stereocenters. The van der Waals surface area contributed by atoms with Crippen molar-refractivity contribution < 1.29 is 4.74 Å². The summed E-state index contributed by atoms with van der Waals surface area (Å²) in [7, 11) is 0. The van der Waals surface area contributed by atoms with Crippen LogP contribution in [0, 0.1) is 0 Å². The Balaban J connectivity index is 2.71. The van der Waals surface area contributed by atoms with E-state index in [2.05, 4.69) is 38.2 Å². The largest absolute Gasteiger partial charge is 0.494 e. The Labute approximate surface area is 99.0 Å². The summed E-state index contributed by atoms with van der Waals surface area (Å²) in [4.78, 5) is 0. The molecule has 0 amide bonds. The Kier molecular flexibility index (Phi) is 4.81. The summed E-state index contributed by atoms with van der Waals surface area (Å²) in [6.07, 6.45) is 0. The lowest BCUT2D eigenvalue weighted by Crippen LogP contribution is -2.32. The van der Waals surface area contributed by atoms with Gasteiger partial charge < -0.3 is 10.1 Å². The number of benzene rings is 1. The predicted molar refractivity (Wildman–Crippen MR) is 69.2 cm³/mol. The molecule has 1 rings (SSSR count). The summed E-state index contributed by atoms with van der Waals surface area (Å²) in [5.41, 5.74) is 1.51. The molecule has 0 saturated heterocycles. The average Bonchev–Trinajstić information content (AvgIpc) is 2.28. The second kappa shape index (κ2) is 5.90. The minimum absolute atomic E-state index is 0.167. The van der Waals surface area contributed by atoms with Crippen LogP contribution in [0.5, 0.6) is 5.75 Å². The van der Waals surface area contributed by atoms with Crippen LogP contribution in [0.15, 0.2) is 24.3 Å². The molecule has 0 heterocycles. The first kappa shape index (κ1) is 13.0. The third kappa shape index (κ3) is 3.53. The number of hydrogen-bond acceptors (Lipinski definition) is 2. The summed E-state index contributed by atoms with van der Waals surface area (Å²) in [5, 5.41) is 3.40. The number of ether oxygens (including phenoxy) is 1. The quantitative estimate of drug-likeness (QED) is 0.797. The fourth-order valence-electron chi connectivity index (χ4n) is 1.71. The fraction of sp³-hybridized carbons (Fsp3) is 0.571. The first-order valence-corrected chi connectivity index (χ1v) is 6.04. The molecule has 1 aromatic rings. The molecule has 0 fully saturated rings. The zero-order valence-electron chi connectivity index (χ0n) is 10.8. The van der Waals surface area contributed by atoms with Gasteiger partial charge in [-0.2, -0.15) is 0 Å². The van der Waals surface area contributed by atoms with Crippen LogP contribution >= 0.6 is 0 Å². The average molecular weight is 221 g/mol. The highest BCUT2D eigenvalue weighted by Gasteiger charge is 2.19. The molecule has 0 aliphatic carbocycles. The SMILES string of the molecule is CCNCC(C)(C)c1ccc(OCC)cc1. The van der Waals surface area contributed by atoms with Gasteiger partial charge in [0.05, 0.1) is 6.61 Å². The Morgan fingerprint density at radius 2 is 1.75 bits per heavy atom. The van der Waals surface area contributed by atoms with E-state index in [1.54, 1.807) is 0 Å². The molecule has 0 radical (unpaired) electrons. The molecule has 2 heteroatoms. The summed E-state index contributed by atoms with van der Waals surface area (Å²) in [5.74, 6) is 0.950. The molecule has 0 spiro atoms. The molecular weight excluding hydrogens is 198 g/mol. The Morgan fingerprint density at radius 3 is 2.25 bits per heavy atom. The van der Waals surface area contributed by atoms with Gasteiger partial charge in [0.25, 0.3) is 0 Å². The molecule has 0 aliphatic heterocycles. The zero-order valence-corrected chi connectivity index (χ0v) is 10.8. The van der Waals surface area contributed by atoms with Crippen molar-refractivity contribution in [2.24, 2.45) is 0 Å². The van der Waals surface area contributed by atoms with Gasteiger partial charge in [-0.25, -0.2) is 0 Å². The van der Waals surface area contributed by atoms with Crippen LogP contribution < -0.4 is 10.1 Å². The van der Waals surface area contributed by atoms with Gasteiger partial charge in [0.1, 0.15) is 5.75 Å². The lowest BCUT2D eigenvalue weighted by atomic mass is 9.84. The molecule has 1 aromatic carbocycles. The van der Waals surface area contributed by atoms with E-state index in [0.717, 1.165) is 25.4 Å². The van der Waals surface area contributed by atoms with E-state index in [4.69, 9.17) is 4.74 Å². The molecule has 0 aliphatic rings. The van der Waals surface area contributed by atoms with E-state index >= 15 is 0 Å². The molecule has 1 N–H and O–H groups in total. The lowest BCUT2D eigenvalue weighted by Gasteiger charge is -2.25. The van der Waals surface area contributed by atoms with E-state index in [1.807, 2.05) is 19.1 Å². The van der Waals surface area contributed by atoms with E-state index in [0.29, 0.717) is 0 Å². The molecule has 16 heavy (non-hydrogen) atoms. The fourth-order valence-corrected chi connectivity index (χ4v) is 1.71. The summed E-state index contributed by atoms with van der Waals surface area (Å²) in [6, 6.07) is 8.41. The molecule has 0 unspecified atom stereocenters. The molecule has 2 nitrogen and oxygen atoms in total. The van der Waals surface area contributed by atoms with Crippen molar-refractivity contribution in [3.8, 4) is 5.75 Å². The smallest absolute Gasteiger partial charge is 0.119 e. The zero-order chi connectivity index (χ0) is 12.0. The first-order chi connectivity index (χ1) is 7.60. The minimum Gasteiger partial charge on any atom is -0.494 e. The first-order valence-electron chi connectivity index (χ1n) is 6.04. The number of likely N-dealkylation sites (N-methyl/N-ethyl adjacent to an activating group) is 1. The second-order valence-corrected chi connectivity index (χ2v) is 4.62. The maximum atomic E-state index is 5.44. The van der Waals surface area contributed by atoms with Crippen LogP contribution in [0.25, 0.3) is 0 Å². The summed E-state index contributed by atoms with van der Waals surface area (Å²) >= 11 is 0. The van der Waals surface area contributed by atoms with Crippen molar-refractivity contribution in [1.82, 2.24) is 5.32 Å². The van der Waals surface area contributed by atoms with Gasteiger partial charge >= 0.3 is 0 Å². The Hall–Kier alpha value is -1.02. The van der Waals surface area contributed by atoms with Crippen molar-refractivity contribution in [3.63, 3.8) is 0 Å². The van der Waals surface area contributed by atoms with E-state index in [-0.39, 0.29) is 5.41 Å². The van der Waals surface area contributed by atoms with Crippen LogP contribution in [0.1, 0.15) is 33.3 Å². The topological polar surface area (TPSA) is 21.3 Å². The molecule has 90 valence electrons. The lowest BCUT2D eigenvalue weighted by molar-refractivity contribution is 0.340. The third-order valence-corrected chi connectivity index (χ3v) is 2.76. The monoisotopic (exact) mass is 221 g/mol. The van der Waals surface area contributed by atoms with E-state index < -0.39 is 0 Å². The summed E-state index contributed by atoms with van der Waals surface area (Å²) in [6.45, 7) is 11.4. The van der Waals surface area contributed by atoms with E-state index in [9.17, 15) is 0 Å². The van der Waals surface area contributed by atoms with Gasteiger partial charge in [0.15, 0.2) is 0 Å². The van der Waals surface area contributed by atoms with Crippen LogP contribution in [0.3, 0.4) is 0 Å². The normalized spacial score (nSPS) is 11.5. The molecular formula is C14H23NO. The highest BCUT2D eigenvalue weighted by atomic mass is 16.5. The number of hydrogen-bond donors (Lipinski definition) is 1. The van der Waals surface area contributed by atoms with Gasteiger partial charge in [0, 0.05) is 12.0 Å². The number of nitrogens with one attached hydrogen (secondary N) is 1. The summed E-state index contributed by atoms with van der Waals surface area (Å²) < 4.78 is 5.44. The van der Waals surface area contributed by atoms with Crippen molar-refractivity contribution in [2.45, 2.75) is 33.1 Å². The standard InChI is InChI=1S/C14H23NO/c1-5-15-11-14(3,4)12-7-9-13(10-8-12)16-6-2/h7-10,15H,5-6,11H2,1-4H3. The van der Waals surface area contributed by atoms with Crippen LogP contribution in [-0.4, -0.2) is 19.7 Å². The predicted octanol–water partition coefficient (Wildman–Crippen LogP) is 2.97. The van der Waals surface area contributed by atoms with Gasteiger partial charge in [-0.15, -0.1) is 0 Å². The van der Waals surface area contributed by atoms with Gasteiger partial charge in [0.2, 0.25) is 0 Å². The maximum Gasteiger partial charge on any atom is 0.119 e. The van der Waals surface area contributed by atoms with Crippen LogP contribution in [0.4, 0.5) is 0 Å². The number of rotatable bonds is 6. The van der Waals surface area contributed by atoms with Crippen molar-refractivity contribution in [2.75, 3.05) is 19.7 Å². The van der Waals surface area contributed by atoms with Crippen molar-refractivity contribution in [1.29, 1.82) is 0 Å². The van der Waals surface area contributed by atoms with Gasteiger partial charge in [-0.05, 0) is 31.2 Å². The Bertz CT molecular complexity index is 303. The van der Waals surface area contributed by atoms with Crippen molar-refractivity contribution >= 4 is 0 Å². The highest BCUT2D eigenvalue weighted by Crippen LogP contribution is 2.24. The third-order valence-electron chi connectivity index (χ3n) is 2.76. The molecule has 0 bridgehead atoms. The van der Waals surface area contributed by atoms with Gasteiger partial charge in [-0.1, -0.05) is 32.9 Å². The minimum atomic E-state index is 0.167. The second-order valence-electron chi connectivity index (χ2n) is 4.62. The maximum absolute atomic E-state index is 5.44. The highest BCUT2D eigenvalue weighted by molar-refractivity contribution is 5.31.